The van der Waals surface area contributed by atoms with Crippen molar-refractivity contribution in [2.24, 2.45) is 0 Å². The van der Waals surface area contributed by atoms with Gasteiger partial charge >= 0.3 is 0 Å². The summed E-state index contributed by atoms with van der Waals surface area (Å²) in [7, 11) is 3.10. The molecule has 0 aromatic heterocycles. The molecule has 2 rings (SSSR count). The van der Waals surface area contributed by atoms with Gasteiger partial charge in [-0.25, -0.2) is 0 Å². The molecule has 1 aromatic carbocycles. The van der Waals surface area contributed by atoms with Crippen LogP contribution >= 0.6 is 0 Å². The third-order valence-corrected chi connectivity index (χ3v) is 3.28. The van der Waals surface area contributed by atoms with Gasteiger partial charge < -0.3 is 14.4 Å². The summed E-state index contributed by atoms with van der Waals surface area (Å²) >= 11 is 0. The molecule has 19 heavy (non-hydrogen) atoms. The van der Waals surface area contributed by atoms with Crippen molar-refractivity contribution in [3.05, 3.63) is 17.7 Å². The van der Waals surface area contributed by atoms with E-state index in [4.69, 9.17) is 9.47 Å². The van der Waals surface area contributed by atoms with Crippen LogP contribution in [0.25, 0.3) is 0 Å². The Bertz CT molecular complexity index is 524. The Kier molecular flexibility index (Phi) is 3.74. The van der Waals surface area contributed by atoms with E-state index < -0.39 is 0 Å². The highest BCUT2D eigenvalue weighted by molar-refractivity contribution is 5.98. The predicted molar refractivity (Wildman–Crippen MR) is 70.9 cm³/mol. The lowest BCUT2D eigenvalue weighted by Gasteiger charge is -2.24. The van der Waals surface area contributed by atoms with Gasteiger partial charge in [0.1, 0.15) is 17.3 Å². The highest BCUT2D eigenvalue weighted by Gasteiger charge is 2.28. The molecule has 0 N–H and O–H groups in total. The minimum atomic E-state index is -0.109. The number of fused-ring (bicyclic) bond motifs is 1. The highest BCUT2D eigenvalue weighted by Crippen LogP contribution is 2.40. The van der Waals surface area contributed by atoms with Crippen molar-refractivity contribution in [1.29, 1.82) is 0 Å². The van der Waals surface area contributed by atoms with Crippen LogP contribution in [-0.4, -0.2) is 32.5 Å². The van der Waals surface area contributed by atoms with Gasteiger partial charge in [-0.3, -0.25) is 9.59 Å². The Morgan fingerprint density at radius 3 is 2.42 bits per heavy atom. The molecule has 0 radical (unpaired) electrons. The number of carbonyl (C=O) groups is 2. The largest absolute Gasteiger partial charge is 0.496 e. The summed E-state index contributed by atoms with van der Waals surface area (Å²) in [5, 5.41) is 0. The molecule has 5 nitrogen and oxygen atoms in total. The molecule has 1 heterocycles. The predicted octanol–water partition coefficient (Wildman–Crippen LogP) is 1.57. The van der Waals surface area contributed by atoms with Crippen LogP contribution in [0.2, 0.25) is 0 Å². The first kappa shape index (κ1) is 13.4. The lowest BCUT2D eigenvalue weighted by Crippen LogP contribution is -2.30. The average molecular weight is 263 g/mol. The van der Waals surface area contributed by atoms with Gasteiger partial charge in [-0.15, -0.1) is 0 Å². The number of hydrogen-bond donors (Lipinski definition) is 0. The Labute approximate surface area is 112 Å². The lowest BCUT2D eigenvalue weighted by atomic mass is 10.0. The van der Waals surface area contributed by atoms with E-state index in [0.29, 0.717) is 30.2 Å². The van der Waals surface area contributed by atoms with E-state index in [1.54, 1.807) is 31.3 Å². The van der Waals surface area contributed by atoms with Crippen LogP contribution in [0.4, 0.5) is 5.69 Å². The molecule has 0 atom stereocenters. The van der Waals surface area contributed by atoms with Crippen molar-refractivity contribution < 1.29 is 19.1 Å². The molecular weight excluding hydrogens is 246 g/mol. The first-order chi connectivity index (χ1) is 9.08. The first-order valence-corrected chi connectivity index (χ1v) is 6.12. The zero-order valence-electron chi connectivity index (χ0n) is 11.4. The Morgan fingerprint density at radius 1 is 1.21 bits per heavy atom. The Hall–Kier alpha value is -2.04. The minimum absolute atomic E-state index is 0.0940. The molecule has 0 saturated carbocycles. The number of ether oxygens (including phenoxy) is 2. The lowest BCUT2D eigenvalue weighted by molar-refractivity contribution is -0.118. The smallest absolute Gasteiger partial charge is 0.223 e. The van der Waals surface area contributed by atoms with Crippen LogP contribution in [0.3, 0.4) is 0 Å². The van der Waals surface area contributed by atoms with E-state index in [2.05, 4.69) is 0 Å². The number of ketones is 1. The second kappa shape index (κ2) is 5.30. The molecule has 1 aliphatic rings. The van der Waals surface area contributed by atoms with E-state index in [-0.39, 0.29) is 18.1 Å². The fourth-order valence-electron chi connectivity index (χ4n) is 2.37. The van der Waals surface area contributed by atoms with Gasteiger partial charge in [0.05, 0.1) is 19.9 Å². The van der Waals surface area contributed by atoms with Crippen molar-refractivity contribution in [2.45, 2.75) is 19.8 Å². The van der Waals surface area contributed by atoms with Crippen LogP contribution < -0.4 is 14.4 Å². The minimum Gasteiger partial charge on any atom is -0.496 e. The Balaban J connectivity index is 2.67. The monoisotopic (exact) mass is 263 g/mol. The fourth-order valence-corrected chi connectivity index (χ4v) is 2.37. The molecule has 1 aliphatic heterocycles. The number of Topliss-reactive ketones (excluding diaryl/α,β-unsaturated/α-hetero) is 1. The van der Waals surface area contributed by atoms with Gasteiger partial charge in [-0.05, 0) is 12.1 Å². The van der Waals surface area contributed by atoms with Crippen molar-refractivity contribution in [3.8, 4) is 11.5 Å². The molecule has 1 amide bonds. The summed E-state index contributed by atoms with van der Waals surface area (Å²) < 4.78 is 10.6. The van der Waals surface area contributed by atoms with Crippen LogP contribution in [0.1, 0.15) is 18.9 Å². The molecular formula is C14H17NO4. The number of carbonyl (C=O) groups excluding carboxylic acids is 2. The van der Waals surface area contributed by atoms with Crippen molar-refractivity contribution >= 4 is 17.4 Å². The zero-order chi connectivity index (χ0) is 14.0. The van der Waals surface area contributed by atoms with E-state index in [9.17, 15) is 9.59 Å². The second-order valence-electron chi connectivity index (χ2n) is 4.43. The molecule has 0 fully saturated rings. The molecule has 0 spiro atoms. The first-order valence-electron chi connectivity index (χ1n) is 6.12. The maximum atomic E-state index is 11.8. The third kappa shape index (κ3) is 2.41. The summed E-state index contributed by atoms with van der Waals surface area (Å²) in [6.45, 7) is 1.86. The van der Waals surface area contributed by atoms with Gasteiger partial charge in [-0.1, -0.05) is 0 Å². The molecule has 0 unspecified atom stereocenters. The average Bonchev–Trinajstić information content (AvgIpc) is 2.56. The van der Waals surface area contributed by atoms with Crippen LogP contribution in [0, 0.1) is 0 Å². The molecule has 0 aliphatic carbocycles. The maximum Gasteiger partial charge on any atom is 0.223 e. The van der Waals surface area contributed by atoms with E-state index in [1.165, 1.54) is 6.92 Å². The standard InChI is InChI=1S/C14H17NO4/c1-9(16)15-7-6-10(17)8-11-12(18-2)4-5-13(19-3)14(11)15/h4-5H,6-8H2,1-3H3. The second-order valence-corrected chi connectivity index (χ2v) is 4.43. The molecule has 102 valence electrons. The van der Waals surface area contributed by atoms with Crippen molar-refractivity contribution in [1.82, 2.24) is 0 Å². The Morgan fingerprint density at radius 2 is 1.84 bits per heavy atom. The topological polar surface area (TPSA) is 55.8 Å². The number of anilines is 1. The van der Waals surface area contributed by atoms with E-state index in [1.807, 2.05) is 0 Å². The number of methoxy groups -OCH3 is 2. The SMILES string of the molecule is COc1ccc(OC)c2c1CC(=O)CCN2C(C)=O. The number of rotatable bonds is 2. The van der Waals surface area contributed by atoms with Gasteiger partial charge in [-0.2, -0.15) is 0 Å². The third-order valence-electron chi connectivity index (χ3n) is 3.28. The summed E-state index contributed by atoms with van der Waals surface area (Å²) in [5.74, 6) is 1.18. The van der Waals surface area contributed by atoms with Crippen molar-refractivity contribution in [2.75, 3.05) is 25.7 Å². The number of nitrogens with zero attached hydrogens (tertiary/aromatic N) is 1. The van der Waals surface area contributed by atoms with Gasteiger partial charge in [0.2, 0.25) is 5.91 Å². The van der Waals surface area contributed by atoms with E-state index in [0.717, 1.165) is 5.56 Å². The summed E-state index contributed by atoms with van der Waals surface area (Å²) in [4.78, 5) is 25.2. The number of amides is 1. The number of benzene rings is 1. The van der Waals surface area contributed by atoms with Crippen LogP contribution in [0.15, 0.2) is 12.1 Å². The van der Waals surface area contributed by atoms with Crippen LogP contribution in [0.5, 0.6) is 11.5 Å². The summed E-state index contributed by atoms with van der Waals surface area (Å²) in [5.41, 5.74) is 1.37. The molecule has 0 saturated heterocycles. The molecule has 0 bridgehead atoms. The maximum absolute atomic E-state index is 11.8. The quantitative estimate of drug-likeness (QED) is 0.812. The van der Waals surface area contributed by atoms with Crippen LogP contribution in [-0.2, 0) is 16.0 Å². The summed E-state index contributed by atoms with van der Waals surface area (Å²) in [6, 6.07) is 3.51. The number of hydrogen-bond acceptors (Lipinski definition) is 4. The van der Waals surface area contributed by atoms with Gasteiger partial charge in [0, 0.05) is 31.9 Å². The molecule has 5 heteroatoms. The van der Waals surface area contributed by atoms with Gasteiger partial charge in [0.15, 0.2) is 0 Å². The highest BCUT2D eigenvalue weighted by atomic mass is 16.5. The fraction of sp³-hybridized carbons (Fsp3) is 0.429. The molecule has 1 aromatic rings. The summed E-state index contributed by atoms with van der Waals surface area (Å²) in [6.07, 6.45) is 0.611. The zero-order valence-corrected chi connectivity index (χ0v) is 11.4. The van der Waals surface area contributed by atoms with Gasteiger partial charge in [0.25, 0.3) is 0 Å². The normalized spacial score (nSPS) is 14.7. The van der Waals surface area contributed by atoms with Crippen molar-refractivity contribution in [3.63, 3.8) is 0 Å². The van der Waals surface area contributed by atoms with E-state index >= 15 is 0 Å².